The van der Waals surface area contributed by atoms with Crippen LogP contribution in [0.5, 0.6) is 0 Å². The summed E-state index contributed by atoms with van der Waals surface area (Å²) < 4.78 is 0. The smallest absolute Gasteiger partial charge is 0.0928 e. The van der Waals surface area contributed by atoms with Crippen LogP contribution in [0.15, 0.2) is 66.0 Å². The Morgan fingerprint density at radius 2 is 1.48 bits per heavy atom. The van der Waals surface area contributed by atoms with E-state index in [4.69, 9.17) is 0 Å². The van der Waals surface area contributed by atoms with Crippen molar-refractivity contribution in [3.63, 3.8) is 0 Å². The molecular formula is C19H19NS. The molecule has 0 unspecified atom stereocenters. The van der Waals surface area contributed by atoms with Gasteiger partial charge in [0.2, 0.25) is 0 Å². The minimum Gasteiger partial charge on any atom is -0.247 e. The van der Waals surface area contributed by atoms with Gasteiger partial charge in [-0.2, -0.15) is 0 Å². The summed E-state index contributed by atoms with van der Waals surface area (Å²) in [6.45, 7) is 2.06. The first-order chi connectivity index (χ1) is 10.3. The van der Waals surface area contributed by atoms with Crippen LogP contribution in [0, 0.1) is 6.92 Å². The first-order valence-electron chi connectivity index (χ1n) is 7.34. The van der Waals surface area contributed by atoms with Gasteiger partial charge in [0.15, 0.2) is 0 Å². The van der Waals surface area contributed by atoms with E-state index in [0.717, 1.165) is 18.5 Å². The molecule has 0 bridgehead atoms. The molecule has 0 radical (unpaired) electrons. The van der Waals surface area contributed by atoms with Crippen LogP contribution >= 0.6 is 11.3 Å². The number of aryl methyl sites for hydroxylation is 2. The van der Waals surface area contributed by atoms with Gasteiger partial charge in [-0.1, -0.05) is 60.7 Å². The lowest BCUT2D eigenvalue weighted by Gasteiger charge is -2.17. The molecule has 0 saturated carbocycles. The van der Waals surface area contributed by atoms with Gasteiger partial charge in [0.25, 0.3) is 0 Å². The summed E-state index contributed by atoms with van der Waals surface area (Å²) in [6, 6.07) is 21.6. The molecule has 0 N–H and O–H groups in total. The fourth-order valence-electron chi connectivity index (χ4n) is 2.68. The maximum Gasteiger partial charge on any atom is 0.0928 e. The molecular weight excluding hydrogens is 274 g/mol. The molecule has 2 aromatic carbocycles. The molecule has 0 fully saturated rings. The van der Waals surface area contributed by atoms with E-state index < -0.39 is 0 Å². The molecule has 3 aromatic rings. The molecule has 0 saturated heterocycles. The molecule has 106 valence electrons. The molecule has 0 spiro atoms. The molecule has 21 heavy (non-hydrogen) atoms. The average molecular weight is 293 g/mol. The number of aromatic nitrogens is 1. The highest BCUT2D eigenvalue weighted by Gasteiger charge is 2.14. The Hall–Kier alpha value is -1.93. The van der Waals surface area contributed by atoms with Crippen LogP contribution in [0.25, 0.3) is 0 Å². The zero-order valence-electron chi connectivity index (χ0n) is 12.2. The molecule has 2 heteroatoms. The third-order valence-electron chi connectivity index (χ3n) is 3.72. The van der Waals surface area contributed by atoms with Crippen molar-refractivity contribution in [2.75, 3.05) is 0 Å². The largest absolute Gasteiger partial charge is 0.247 e. The number of hydrogen-bond donors (Lipinski definition) is 0. The van der Waals surface area contributed by atoms with Gasteiger partial charge in [0.05, 0.1) is 5.01 Å². The first kappa shape index (κ1) is 14.0. The summed E-state index contributed by atoms with van der Waals surface area (Å²) in [5.74, 6) is 0.441. The Bertz CT molecular complexity index is 634. The predicted octanol–water partition coefficient (Wildman–Crippen LogP) is 5.22. The van der Waals surface area contributed by atoms with Crippen molar-refractivity contribution < 1.29 is 0 Å². The summed E-state index contributed by atoms with van der Waals surface area (Å²) in [6.07, 6.45) is 2.13. The van der Waals surface area contributed by atoms with E-state index in [-0.39, 0.29) is 0 Å². The highest BCUT2D eigenvalue weighted by Crippen LogP contribution is 2.29. The lowest BCUT2D eigenvalue weighted by Crippen LogP contribution is -2.03. The zero-order valence-corrected chi connectivity index (χ0v) is 13.0. The number of benzene rings is 2. The Kier molecular flexibility index (Phi) is 4.46. The van der Waals surface area contributed by atoms with Crippen LogP contribution in [0.1, 0.15) is 34.2 Å². The van der Waals surface area contributed by atoms with Gasteiger partial charge in [0.1, 0.15) is 0 Å². The molecule has 1 aromatic heterocycles. The Morgan fingerprint density at radius 3 is 1.95 bits per heavy atom. The molecule has 0 aliphatic heterocycles. The van der Waals surface area contributed by atoms with Gasteiger partial charge in [-0.3, -0.25) is 0 Å². The van der Waals surface area contributed by atoms with E-state index in [2.05, 4.69) is 78.0 Å². The number of thiazole rings is 1. The second-order valence-electron chi connectivity index (χ2n) is 5.30. The van der Waals surface area contributed by atoms with Gasteiger partial charge >= 0.3 is 0 Å². The Morgan fingerprint density at radius 1 is 0.905 bits per heavy atom. The highest BCUT2D eigenvalue weighted by molar-refractivity contribution is 7.09. The van der Waals surface area contributed by atoms with Crippen LogP contribution in [0.4, 0.5) is 0 Å². The number of hydrogen-bond acceptors (Lipinski definition) is 2. The molecule has 3 rings (SSSR count). The predicted molar refractivity (Wildman–Crippen MR) is 89.9 cm³/mol. The fraction of sp³-hybridized carbons (Fsp3) is 0.211. The molecule has 0 aliphatic rings. The summed E-state index contributed by atoms with van der Waals surface area (Å²) in [4.78, 5) is 4.59. The van der Waals surface area contributed by atoms with Crippen molar-refractivity contribution in [3.05, 3.63) is 87.9 Å². The Labute approximate surface area is 130 Å². The zero-order chi connectivity index (χ0) is 14.5. The summed E-state index contributed by atoms with van der Waals surface area (Å²) in [7, 11) is 0. The maximum absolute atomic E-state index is 4.59. The van der Waals surface area contributed by atoms with Gasteiger partial charge in [-0.25, -0.2) is 4.98 Å². The van der Waals surface area contributed by atoms with Crippen LogP contribution in [-0.4, -0.2) is 4.98 Å². The number of nitrogens with zero attached hydrogens (tertiary/aromatic N) is 1. The minimum absolute atomic E-state index is 0.441. The van der Waals surface area contributed by atoms with E-state index in [1.54, 1.807) is 11.3 Å². The van der Waals surface area contributed by atoms with Crippen molar-refractivity contribution in [2.45, 2.75) is 25.7 Å². The van der Waals surface area contributed by atoms with Crippen LogP contribution in [0.3, 0.4) is 0 Å². The van der Waals surface area contributed by atoms with Gasteiger partial charge in [0, 0.05) is 23.4 Å². The topological polar surface area (TPSA) is 12.9 Å². The van der Waals surface area contributed by atoms with Crippen molar-refractivity contribution >= 4 is 11.3 Å². The van der Waals surface area contributed by atoms with E-state index >= 15 is 0 Å². The van der Waals surface area contributed by atoms with Crippen molar-refractivity contribution in [2.24, 2.45) is 0 Å². The van der Waals surface area contributed by atoms with Crippen LogP contribution in [0.2, 0.25) is 0 Å². The monoisotopic (exact) mass is 293 g/mol. The van der Waals surface area contributed by atoms with Crippen LogP contribution in [-0.2, 0) is 6.42 Å². The van der Waals surface area contributed by atoms with Crippen molar-refractivity contribution in [1.29, 1.82) is 0 Å². The van der Waals surface area contributed by atoms with Crippen LogP contribution < -0.4 is 0 Å². The lowest BCUT2D eigenvalue weighted by atomic mass is 9.87. The van der Waals surface area contributed by atoms with E-state index in [1.807, 2.05) is 0 Å². The standard InChI is InChI=1S/C19H19NS/c1-15-14-21-19(20-15)13-12-18(16-8-4-2-5-9-16)17-10-6-3-7-11-17/h2-11,14,18H,12-13H2,1H3. The summed E-state index contributed by atoms with van der Waals surface area (Å²) >= 11 is 1.77. The molecule has 1 nitrogen and oxygen atoms in total. The second-order valence-corrected chi connectivity index (χ2v) is 6.24. The maximum atomic E-state index is 4.59. The van der Waals surface area contributed by atoms with E-state index in [1.165, 1.54) is 16.1 Å². The number of rotatable bonds is 5. The van der Waals surface area contributed by atoms with E-state index in [9.17, 15) is 0 Å². The molecule has 1 heterocycles. The summed E-state index contributed by atoms with van der Waals surface area (Å²) in [5, 5.41) is 3.37. The second kappa shape index (κ2) is 6.68. The van der Waals surface area contributed by atoms with Gasteiger partial charge in [-0.05, 0) is 24.5 Å². The Balaban J connectivity index is 1.83. The highest BCUT2D eigenvalue weighted by atomic mass is 32.1. The third kappa shape index (κ3) is 3.59. The first-order valence-corrected chi connectivity index (χ1v) is 8.22. The quantitative estimate of drug-likeness (QED) is 0.629. The average Bonchev–Trinajstić information content (AvgIpc) is 2.95. The van der Waals surface area contributed by atoms with Crippen molar-refractivity contribution in [3.8, 4) is 0 Å². The van der Waals surface area contributed by atoms with Crippen molar-refractivity contribution in [1.82, 2.24) is 4.98 Å². The molecule has 0 atom stereocenters. The molecule has 0 aliphatic carbocycles. The van der Waals surface area contributed by atoms with Gasteiger partial charge in [-0.15, -0.1) is 11.3 Å². The normalized spacial score (nSPS) is 11.0. The lowest BCUT2D eigenvalue weighted by molar-refractivity contribution is 0.711. The molecule has 0 amide bonds. The SMILES string of the molecule is Cc1csc(CCC(c2ccccc2)c2ccccc2)n1. The summed E-state index contributed by atoms with van der Waals surface area (Å²) in [5.41, 5.74) is 3.90. The van der Waals surface area contributed by atoms with Gasteiger partial charge < -0.3 is 0 Å². The fourth-order valence-corrected chi connectivity index (χ4v) is 3.47. The minimum atomic E-state index is 0.441. The van der Waals surface area contributed by atoms with E-state index in [0.29, 0.717) is 5.92 Å². The third-order valence-corrected chi connectivity index (χ3v) is 4.74.